The van der Waals surface area contributed by atoms with Crippen molar-refractivity contribution in [1.29, 1.82) is 0 Å². The van der Waals surface area contributed by atoms with Gasteiger partial charge in [0.25, 0.3) is 0 Å². The zero-order chi connectivity index (χ0) is 8.82. The van der Waals surface area contributed by atoms with E-state index in [1.54, 1.807) is 0 Å². The molecule has 0 aromatic carbocycles. The van der Waals surface area contributed by atoms with Gasteiger partial charge < -0.3 is 4.79 Å². The minimum absolute atomic E-state index is 0.425. The molecule has 1 heteroatoms. The van der Waals surface area contributed by atoms with Crippen LogP contribution in [0.2, 0.25) is 0 Å². The number of hydrogen-bond acceptors (Lipinski definition) is 1. The molecule has 0 saturated heterocycles. The van der Waals surface area contributed by atoms with E-state index in [2.05, 4.69) is 13.8 Å². The van der Waals surface area contributed by atoms with Crippen molar-refractivity contribution in [2.75, 3.05) is 0 Å². The second kappa shape index (κ2) is 2.34. The SMILES string of the molecule is CC1(C)CCC2(CC1)CC2C=O. The van der Waals surface area contributed by atoms with E-state index in [0.717, 1.165) is 0 Å². The summed E-state index contributed by atoms with van der Waals surface area (Å²) in [6.07, 6.45) is 7.59. The van der Waals surface area contributed by atoms with E-state index in [0.29, 0.717) is 16.7 Å². The Kier molecular flexibility index (Phi) is 1.61. The van der Waals surface area contributed by atoms with Gasteiger partial charge in [-0.2, -0.15) is 0 Å². The first-order chi connectivity index (χ1) is 5.58. The third kappa shape index (κ3) is 1.19. The molecule has 1 spiro atoms. The quantitative estimate of drug-likeness (QED) is 0.547. The van der Waals surface area contributed by atoms with Crippen molar-refractivity contribution in [3.63, 3.8) is 0 Å². The maximum Gasteiger partial charge on any atom is 0.123 e. The molecular formula is C11H18O. The lowest BCUT2D eigenvalue weighted by Gasteiger charge is -2.34. The molecule has 2 rings (SSSR count). The van der Waals surface area contributed by atoms with Gasteiger partial charge in [-0.15, -0.1) is 0 Å². The molecule has 12 heavy (non-hydrogen) atoms. The van der Waals surface area contributed by atoms with Crippen LogP contribution in [0.15, 0.2) is 0 Å². The van der Waals surface area contributed by atoms with Gasteiger partial charge in [0.05, 0.1) is 0 Å². The van der Waals surface area contributed by atoms with Crippen molar-refractivity contribution < 1.29 is 4.79 Å². The predicted octanol–water partition coefficient (Wildman–Crippen LogP) is 2.79. The molecule has 2 saturated carbocycles. The Morgan fingerprint density at radius 2 is 1.75 bits per heavy atom. The summed E-state index contributed by atoms with van der Waals surface area (Å²) in [6, 6.07) is 0. The van der Waals surface area contributed by atoms with Gasteiger partial charge in [0.15, 0.2) is 0 Å². The number of carbonyl (C=O) groups is 1. The van der Waals surface area contributed by atoms with Crippen LogP contribution in [0.1, 0.15) is 46.0 Å². The summed E-state index contributed by atoms with van der Waals surface area (Å²) in [6.45, 7) is 4.69. The molecule has 68 valence electrons. The Balaban J connectivity index is 1.96. The molecule has 0 aromatic rings. The van der Waals surface area contributed by atoms with Gasteiger partial charge in [0.2, 0.25) is 0 Å². The Morgan fingerprint density at radius 1 is 1.17 bits per heavy atom. The smallest absolute Gasteiger partial charge is 0.123 e. The van der Waals surface area contributed by atoms with E-state index in [9.17, 15) is 4.79 Å². The molecule has 0 amide bonds. The summed E-state index contributed by atoms with van der Waals surface area (Å²) >= 11 is 0. The highest BCUT2D eigenvalue weighted by atomic mass is 16.1. The van der Waals surface area contributed by atoms with Gasteiger partial charge in [0.1, 0.15) is 6.29 Å². The maximum absolute atomic E-state index is 10.6. The average Bonchev–Trinajstić information content (AvgIpc) is 2.72. The van der Waals surface area contributed by atoms with Crippen molar-refractivity contribution in [2.45, 2.75) is 46.0 Å². The van der Waals surface area contributed by atoms with Crippen LogP contribution in [-0.2, 0) is 4.79 Å². The highest BCUT2D eigenvalue weighted by Crippen LogP contribution is 2.62. The summed E-state index contributed by atoms with van der Waals surface area (Å²) in [7, 11) is 0. The van der Waals surface area contributed by atoms with Crippen LogP contribution in [-0.4, -0.2) is 6.29 Å². The monoisotopic (exact) mass is 166 g/mol. The molecule has 1 nitrogen and oxygen atoms in total. The van der Waals surface area contributed by atoms with Gasteiger partial charge in [0, 0.05) is 5.92 Å². The summed E-state index contributed by atoms with van der Waals surface area (Å²) in [5.41, 5.74) is 1.03. The van der Waals surface area contributed by atoms with Crippen molar-refractivity contribution >= 4 is 6.29 Å². The lowest BCUT2D eigenvalue weighted by Crippen LogP contribution is -2.23. The fraction of sp³-hybridized carbons (Fsp3) is 0.909. The molecule has 0 radical (unpaired) electrons. The van der Waals surface area contributed by atoms with Gasteiger partial charge in [-0.1, -0.05) is 13.8 Å². The van der Waals surface area contributed by atoms with Crippen LogP contribution in [0.3, 0.4) is 0 Å². The maximum atomic E-state index is 10.6. The molecule has 2 aliphatic rings. The van der Waals surface area contributed by atoms with Crippen molar-refractivity contribution in [3.8, 4) is 0 Å². The van der Waals surface area contributed by atoms with Crippen LogP contribution < -0.4 is 0 Å². The van der Waals surface area contributed by atoms with E-state index in [-0.39, 0.29) is 0 Å². The first kappa shape index (κ1) is 8.28. The minimum Gasteiger partial charge on any atom is -0.303 e. The van der Waals surface area contributed by atoms with Crippen LogP contribution in [0.4, 0.5) is 0 Å². The fourth-order valence-electron chi connectivity index (χ4n) is 2.57. The lowest BCUT2D eigenvalue weighted by atomic mass is 9.71. The molecule has 0 N–H and O–H groups in total. The molecule has 0 aliphatic heterocycles. The van der Waals surface area contributed by atoms with Crippen molar-refractivity contribution in [1.82, 2.24) is 0 Å². The Hall–Kier alpha value is -0.330. The molecule has 0 heterocycles. The Labute approximate surface area is 74.5 Å². The van der Waals surface area contributed by atoms with Crippen LogP contribution in [0, 0.1) is 16.7 Å². The first-order valence-corrected chi connectivity index (χ1v) is 5.03. The molecule has 2 aliphatic carbocycles. The number of carbonyl (C=O) groups excluding carboxylic acids is 1. The first-order valence-electron chi connectivity index (χ1n) is 5.03. The van der Waals surface area contributed by atoms with Crippen LogP contribution >= 0.6 is 0 Å². The second-order valence-electron chi connectivity index (χ2n) is 5.47. The van der Waals surface area contributed by atoms with Gasteiger partial charge in [-0.3, -0.25) is 0 Å². The average molecular weight is 166 g/mol. The third-order valence-corrected chi connectivity index (χ3v) is 4.02. The van der Waals surface area contributed by atoms with E-state index >= 15 is 0 Å². The molecule has 1 unspecified atom stereocenters. The summed E-state index contributed by atoms with van der Waals surface area (Å²) in [4.78, 5) is 10.6. The second-order valence-corrected chi connectivity index (χ2v) is 5.47. The molecule has 0 aromatic heterocycles. The van der Waals surface area contributed by atoms with Crippen molar-refractivity contribution in [2.24, 2.45) is 16.7 Å². The summed E-state index contributed by atoms with van der Waals surface area (Å²) < 4.78 is 0. The van der Waals surface area contributed by atoms with E-state index in [1.807, 2.05) is 0 Å². The highest BCUT2D eigenvalue weighted by molar-refractivity contribution is 5.60. The third-order valence-electron chi connectivity index (χ3n) is 4.02. The van der Waals surface area contributed by atoms with Gasteiger partial charge >= 0.3 is 0 Å². The predicted molar refractivity (Wildman–Crippen MR) is 48.9 cm³/mol. The van der Waals surface area contributed by atoms with Gasteiger partial charge in [-0.25, -0.2) is 0 Å². The largest absolute Gasteiger partial charge is 0.303 e. The number of hydrogen-bond donors (Lipinski definition) is 0. The Morgan fingerprint density at radius 3 is 2.17 bits per heavy atom. The van der Waals surface area contributed by atoms with Gasteiger partial charge in [-0.05, 0) is 42.9 Å². The zero-order valence-electron chi connectivity index (χ0n) is 8.10. The van der Waals surface area contributed by atoms with Crippen LogP contribution in [0.25, 0.3) is 0 Å². The zero-order valence-corrected chi connectivity index (χ0v) is 8.10. The minimum atomic E-state index is 0.425. The number of rotatable bonds is 1. The molecule has 1 atom stereocenters. The van der Waals surface area contributed by atoms with Crippen molar-refractivity contribution in [3.05, 3.63) is 0 Å². The lowest BCUT2D eigenvalue weighted by molar-refractivity contribution is -0.109. The molecular weight excluding hydrogens is 148 g/mol. The van der Waals surface area contributed by atoms with E-state index in [4.69, 9.17) is 0 Å². The fourth-order valence-corrected chi connectivity index (χ4v) is 2.57. The van der Waals surface area contributed by atoms with Crippen LogP contribution in [0.5, 0.6) is 0 Å². The molecule has 2 fully saturated rings. The van der Waals surface area contributed by atoms with E-state index in [1.165, 1.54) is 38.4 Å². The summed E-state index contributed by atoms with van der Waals surface area (Å²) in [5.74, 6) is 0.425. The number of aldehydes is 1. The molecule has 0 bridgehead atoms. The highest BCUT2D eigenvalue weighted by Gasteiger charge is 2.55. The topological polar surface area (TPSA) is 17.1 Å². The standard InChI is InChI=1S/C11H18O/c1-10(2)3-5-11(6-4-10)7-9(11)8-12/h8-9H,3-7H2,1-2H3. The van der Waals surface area contributed by atoms with E-state index < -0.39 is 0 Å². The normalized spacial score (nSPS) is 36.3. The summed E-state index contributed by atoms with van der Waals surface area (Å²) in [5, 5.41) is 0. The Bertz CT molecular complexity index is 195.